The molecule has 8 heteroatoms. The van der Waals surface area contributed by atoms with E-state index >= 15 is 0 Å². The summed E-state index contributed by atoms with van der Waals surface area (Å²) in [6, 6.07) is 20.9. The Bertz CT molecular complexity index is 1350. The average Bonchev–Trinajstić information content (AvgIpc) is 3.21. The normalized spacial score (nSPS) is 10.7. The van der Waals surface area contributed by atoms with Crippen LogP contribution >= 0.6 is 11.6 Å². The minimum absolute atomic E-state index is 0.178. The molecule has 0 aliphatic rings. The monoisotopic (exact) mass is 476 g/mol. The lowest BCUT2D eigenvalue weighted by atomic mass is 9.98. The Hall–Kier alpha value is -4.10. The van der Waals surface area contributed by atoms with Crippen molar-refractivity contribution in [3.05, 3.63) is 89.1 Å². The molecule has 0 radical (unpaired) electrons. The number of halogens is 1. The van der Waals surface area contributed by atoms with Gasteiger partial charge in [0.2, 0.25) is 0 Å². The summed E-state index contributed by atoms with van der Waals surface area (Å²) in [6.45, 7) is 3.60. The fourth-order valence-corrected chi connectivity index (χ4v) is 3.90. The van der Waals surface area contributed by atoms with Gasteiger partial charge in [0.1, 0.15) is 11.4 Å². The molecule has 3 aromatic carbocycles. The van der Waals surface area contributed by atoms with Crippen LogP contribution in [0.1, 0.15) is 23.0 Å². The first kappa shape index (κ1) is 23.1. The maximum atomic E-state index is 13.0. The van der Waals surface area contributed by atoms with E-state index in [1.54, 1.807) is 86.6 Å². The zero-order valence-corrected chi connectivity index (χ0v) is 19.2. The van der Waals surface area contributed by atoms with Crippen molar-refractivity contribution in [2.45, 2.75) is 13.8 Å². The highest BCUT2D eigenvalue weighted by Gasteiger charge is 2.29. The summed E-state index contributed by atoms with van der Waals surface area (Å²) in [5, 5.41) is 14.1. The number of aromatic nitrogens is 1. The zero-order chi connectivity index (χ0) is 24.2. The van der Waals surface area contributed by atoms with Crippen molar-refractivity contribution in [3.8, 4) is 22.4 Å². The first-order chi connectivity index (χ1) is 16.4. The smallest absolute Gasteiger partial charge is 0.419 e. The number of hydrogen-bond acceptors (Lipinski definition) is 5. The second-order valence-electron chi connectivity index (χ2n) is 7.35. The number of benzene rings is 3. The Kier molecular flexibility index (Phi) is 6.65. The summed E-state index contributed by atoms with van der Waals surface area (Å²) >= 11 is 6.41. The van der Waals surface area contributed by atoms with Crippen molar-refractivity contribution >= 4 is 35.0 Å². The molecule has 34 heavy (non-hydrogen) atoms. The molecule has 1 heterocycles. The zero-order valence-electron chi connectivity index (χ0n) is 18.5. The van der Waals surface area contributed by atoms with E-state index in [-0.39, 0.29) is 12.2 Å². The van der Waals surface area contributed by atoms with E-state index < -0.39 is 12.1 Å². The van der Waals surface area contributed by atoms with Crippen molar-refractivity contribution in [2.24, 2.45) is 0 Å². The molecule has 0 saturated heterocycles. The standard InChI is InChI=1S/C26H21ClN2O5/c1-3-33-26(32)29(22-11-7-6-10-21(22)27)24-16(2)34-28-23(24)18-14-12-17(13-15-18)19-8-4-5-9-20(19)25(30)31/h4-15H,3H2,1-2H3,(H,30,31). The predicted octanol–water partition coefficient (Wildman–Crippen LogP) is 6.96. The fourth-order valence-electron chi connectivity index (χ4n) is 3.68. The van der Waals surface area contributed by atoms with E-state index in [2.05, 4.69) is 5.16 Å². The average molecular weight is 477 g/mol. The predicted molar refractivity (Wildman–Crippen MR) is 130 cm³/mol. The summed E-state index contributed by atoms with van der Waals surface area (Å²) in [4.78, 5) is 25.9. The molecule has 0 bridgehead atoms. The molecule has 1 aromatic heterocycles. The number of para-hydroxylation sites is 1. The molecule has 0 unspecified atom stereocenters. The van der Waals surface area contributed by atoms with Crippen molar-refractivity contribution in [1.29, 1.82) is 0 Å². The number of nitrogens with zero attached hydrogens (tertiary/aromatic N) is 2. The van der Waals surface area contributed by atoms with Gasteiger partial charge in [-0.3, -0.25) is 0 Å². The highest BCUT2D eigenvalue weighted by molar-refractivity contribution is 6.34. The number of anilines is 2. The van der Waals surface area contributed by atoms with Crippen LogP contribution in [-0.2, 0) is 4.74 Å². The minimum Gasteiger partial charge on any atom is -0.478 e. The van der Waals surface area contributed by atoms with E-state index in [0.717, 1.165) is 5.56 Å². The van der Waals surface area contributed by atoms with Gasteiger partial charge in [0.05, 0.1) is 22.9 Å². The molecule has 1 N–H and O–H groups in total. The highest BCUT2D eigenvalue weighted by atomic mass is 35.5. The van der Waals surface area contributed by atoms with Gasteiger partial charge >= 0.3 is 12.1 Å². The number of carboxylic acids is 1. The van der Waals surface area contributed by atoms with E-state index in [4.69, 9.17) is 20.9 Å². The van der Waals surface area contributed by atoms with Crippen LogP contribution in [0, 0.1) is 6.92 Å². The molecular weight excluding hydrogens is 456 g/mol. The van der Waals surface area contributed by atoms with Gasteiger partial charge in [-0.2, -0.15) is 0 Å². The molecule has 0 spiro atoms. The number of ether oxygens (including phenoxy) is 1. The molecule has 1 amide bonds. The van der Waals surface area contributed by atoms with Crippen LogP contribution in [0.3, 0.4) is 0 Å². The Morgan fingerprint density at radius 1 is 1.00 bits per heavy atom. The Morgan fingerprint density at radius 3 is 2.32 bits per heavy atom. The molecule has 0 aliphatic carbocycles. The summed E-state index contributed by atoms with van der Waals surface area (Å²) in [6.07, 6.45) is -0.616. The number of rotatable bonds is 6. The molecule has 0 fully saturated rings. The van der Waals surface area contributed by atoms with Crippen LogP contribution in [0.15, 0.2) is 77.3 Å². The fraction of sp³-hybridized carbons (Fsp3) is 0.115. The Balaban J connectivity index is 1.80. The van der Waals surface area contributed by atoms with Gasteiger partial charge in [0.15, 0.2) is 5.76 Å². The first-order valence-corrected chi connectivity index (χ1v) is 10.9. The van der Waals surface area contributed by atoms with Crippen LogP contribution in [0.5, 0.6) is 0 Å². The van der Waals surface area contributed by atoms with E-state index in [1.165, 1.54) is 4.90 Å². The SMILES string of the molecule is CCOC(=O)N(c1ccccc1Cl)c1c(-c2ccc(-c3ccccc3C(=O)O)cc2)noc1C. The van der Waals surface area contributed by atoms with Gasteiger partial charge in [-0.25, -0.2) is 14.5 Å². The third-order valence-corrected chi connectivity index (χ3v) is 5.55. The lowest BCUT2D eigenvalue weighted by molar-refractivity contribution is 0.0697. The molecular formula is C26H21ClN2O5. The van der Waals surface area contributed by atoms with Gasteiger partial charge in [-0.1, -0.05) is 71.4 Å². The van der Waals surface area contributed by atoms with Crippen LogP contribution in [0.2, 0.25) is 5.02 Å². The molecule has 172 valence electrons. The number of aryl methyl sites for hydroxylation is 1. The topological polar surface area (TPSA) is 92.9 Å². The first-order valence-electron chi connectivity index (χ1n) is 10.5. The number of amides is 1. The highest BCUT2D eigenvalue weighted by Crippen LogP contribution is 2.41. The number of carbonyl (C=O) groups excluding carboxylic acids is 1. The van der Waals surface area contributed by atoms with Crippen LogP contribution in [0.4, 0.5) is 16.2 Å². The van der Waals surface area contributed by atoms with E-state index in [0.29, 0.717) is 39.0 Å². The maximum absolute atomic E-state index is 13.0. The van der Waals surface area contributed by atoms with Crippen molar-refractivity contribution in [2.75, 3.05) is 11.5 Å². The molecule has 7 nitrogen and oxygen atoms in total. The molecule has 0 aliphatic heterocycles. The van der Waals surface area contributed by atoms with Gasteiger partial charge in [-0.05, 0) is 43.2 Å². The van der Waals surface area contributed by atoms with Crippen molar-refractivity contribution < 1.29 is 24.0 Å². The second kappa shape index (κ2) is 9.80. The summed E-state index contributed by atoms with van der Waals surface area (Å²) in [7, 11) is 0. The van der Waals surface area contributed by atoms with Crippen molar-refractivity contribution in [1.82, 2.24) is 5.16 Å². The lowest BCUT2D eigenvalue weighted by Crippen LogP contribution is -2.27. The number of aromatic carboxylic acids is 1. The molecule has 0 atom stereocenters. The Morgan fingerprint density at radius 2 is 1.65 bits per heavy atom. The lowest BCUT2D eigenvalue weighted by Gasteiger charge is -2.23. The third-order valence-electron chi connectivity index (χ3n) is 5.23. The number of carbonyl (C=O) groups is 2. The number of hydrogen-bond donors (Lipinski definition) is 1. The van der Waals surface area contributed by atoms with E-state index in [1.807, 2.05) is 0 Å². The van der Waals surface area contributed by atoms with Gasteiger partial charge in [0.25, 0.3) is 0 Å². The van der Waals surface area contributed by atoms with Gasteiger partial charge < -0.3 is 14.4 Å². The summed E-state index contributed by atoms with van der Waals surface area (Å²) in [5.41, 5.74) is 3.47. The van der Waals surface area contributed by atoms with E-state index in [9.17, 15) is 14.7 Å². The Labute approximate surface area is 201 Å². The summed E-state index contributed by atoms with van der Waals surface area (Å²) in [5.74, 6) is -0.595. The third kappa shape index (κ3) is 4.38. The molecule has 0 saturated carbocycles. The van der Waals surface area contributed by atoms with Crippen molar-refractivity contribution in [3.63, 3.8) is 0 Å². The maximum Gasteiger partial charge on any atom is 0.419 e. The van der Waals surface area contributed by atoms with Crippen LogP contribution < -0.4 is 4.90 Å². The van der Waals surface area contributed by atoms with Crippen LogP contribution in [-0.4, -0.2) is 28.9 Å². The van der Waals surface area contributed by atoms with Gasteiger partial charge in [-0.15, -0.1) is 0 Å². The van der Waals surface area contributed by atoms with Crippen LogP contribution in [0.25, 0.3) is 22.4 Å². The molecule has 4 aromatic rings. The largest absolute Gasteiger partial charge is 0.478 e. The number of carboxylic acid groups (broad SMARTS) is 1. The summed E-state index contributed by atoms with van der Waals surface area (Å²) < 4.78 is 10.8. The second-order valence-corrected chi connectivity index (χ2v) is 7.76. The minimum atomic E-state index is -1.00. The quantitative estimate of drug-likeness (QED) is 0.323. The van der Waals surface area contributed by atoms with Gasteiger partial charge in [0, 0.05) is 5.56 Å². The molecule has 4 rings (SSSR count).